The van der Waals surface area contributed by atoms with Crippen molar-refractivity contribution in [2.24, 2.45) is 5.16 Å². The van der Waals surface area contributed by atoms with Crippen molar-refractivity contribution in [1.29, 1.82) is 0 Å². The van der Waals surface area contributed by atoms with Crippen LogP contribution in [-0.2, 0) is 21.0 Å². The Morgan fingerprint density at radius 2 is 2.15 bits per heavy atom. The molecule has 2 aliphatic rings. The van der Waals surface area contributed by atoms with Gasteiger partial charge in [-0.15, -0.1) is 0 Å². The van der Waals surface area contributed by atoms with E-state index in [9.17, 15) is 9.90 Å². The van der Waals surface area contributed by atoms with Crippen LogP contribution in [0.2, 0.25) is 0 Å². The number of unbranched alkanes of at least 4 members (excludes halogenated alkanes) is 1. The van der Waals surface area contributed by atoms with Gasteiger partial charge in [0.2, 0.25) is 0 Å². The van der Waals surface area contributed by atoms with Crippen LogP contribution in [0.15, 0.2) is 45.2 Å². The number of aliphatic hydroxyl groups is 1. The number of carbonyl (C=O) groups excluding carboxylic acids is 1. The quantitative estimate of drug-likeness (QED) is 0.284. The van der Waals surface area contributed by atoms with Gasteiger partial charge in [-0.25, -0.2) is 4.79 Å². The third-order valence-corrected chi connectivity index (χ3v) is 5.43. The molecule has 1 aliphatic heterocycles. The Labute approximate surface area is 162 Å². The van der Waals surface area contributed by atoms with Gasteiger partial charge in [0.15, 0.2) is 0 Å². The monoisotopic (exact) mass is 421 g/mol. The third-order valence-electron chi connectivity index (χ3n) is 4.94. The topological polar surface area (TPSA) is 68.1 Å². The first kappa shape index (κ1) is 19.0. The molecule has 6 heteroatoms. The smallest absolute Gasteiger partial charge is 0.337 e. The van der Waals surface area contributed by atoms with Crippen LogP contribution in [0.4, 0.5) is 0 Å². The molecule has 0 atom stereocenters. The fourth-order valence-corrected chi connectivity index (χ4v) is 4.03. The minimum atomic E-state index is -0.438. The first-order valence-electron chi connectivity index (χ1n) is 9.11. The van der Waals surface area contributed by atoms with Gasteiger partial charge in [-0.05, 0) is 62.6 Å². The van der Waals surface area contributed by atoms with Crippen LogP contribution in [0.1, 0.15) is 56.9 Å². The fraction of sp³-hybridized carbons (Fsp3) is 0.500. The highest BCUT2D eigenvalue weighted by atomic mass is 79.9. The number of benzene rings is 1. The maximum absolute atomic E-state index is 12.2. The van der Waals surface area contributed by atoms with Crippen LogP contribution < -0.4 is 0 Å². The van der Waals surface area contributed by atoms with Crippen molar-refractivity contribution in [2.75, 3.05) is 0 Å². The summed E-state index contributed by atoms with van der Waals surface area (Å²) in [6, 6.07) is 7.87. The van der Waals surface area contributed by atoms with Gasteiger partial charge in [-0.1, -0.05) is 33.2 Å². The highest BCUT2D eigenvalue weighted by Crippen LogP contribution is 2.42. The molecule has 5 nitrogen and oxygen atoms in total. The Hall–Kier alpha value is -1.82. The molecule has 26 heavy (non-hydrogen) atoms. The predicted molar refractivity (Wildman–Crippen MR) is 103 cm³/mol. The zero-order valence-corrected chi connectivity index (χ0v) is 16.3. The van der Waals surface area contributed by atoms with Gasteiger partial charge in [-0.3, -0.25) is 0 Å². The number of oxime groups is 1. The molecular formula is C20H24BrNO4. The van der Waals surface area contributed by atoms with E-state index < -0.39 is 5.60 Å². The van der Waals surface area contributed by atoms with E-state index in [1.54, 1.807) is 6.21 Å². The Bertz CT molecular complexity index is 708. The number of esters is 1. The summed E-state index contributed by atoms with van der Waals surface area (Å²) in [5, 5.41) is 14.2. The van der Waals surface area contributed by atoms with E-state index in [1.165, 1.54) is 0 Å². The summed E-state index contributed by atoms with van der Waals surface area (Å²) in [4.78, 5) is 17.5. The number of nitrogens with zero attached hydrogens (tertiary/aromatic N) is 1. The molecule has 1 fully saturated rings. The van der Waals surface area contributed by atoms with Gasteiger partial charge in [0.25, 0.3) is 0 Å². The summed E-state index contributed by atoms with van der Waals surface area (Å²) in [6.07, 6.45) is 7.89. The maximum atomic E-state index is 12.2. The average Bonchev–Trinajstić information content (AvgIpc) is 3.03. The zero-order chi connectivity index (χ0) is 18.4. The van der Waals surface area contributed by atoms with Crippen LogP contribution >= 0.6 is 15.9 Å². The molecule has 0 unspecified atom stereocenters. The Morgan fingerprint density at radius 3 is 2.88 bits per heavy atom. The van der Waals surface area contributed by atoms with Crippen LogP contribution in [0.5, 0.6) is 0 Å². The standard InChI is InChI=1S/C20H24BrNO4/c21-16-7-5-6-15(12-16)14-25-22-11-4-1-8-17-18(23)13-20(26-19(17)24)9-2-3-10-20/h5-7,11-12,23H,1-4,8-10,13-14H2. The number of halogens is 1. The van der Waals surface area contributed by atoms with Crippen LogP contribution in [0.25, 0.3) is 0 Å². The van der Waals surface area contributed by atoms with Gasteiger partial charge in [0.1, 0.15) is 18.0 Å². The van der Waals surface area contributed by atoms with Crippen molar-refractivity contribution >= 4 is 28.1 Å². The highest BCUT2D eigenvalue weighted by molar-refractivity contribution is 9.10. The number of hydrogen-bond acceptors (Lipinski definition) is 5. The van der Waals surface area contributed by atoms with Crippen LogP contribution in [0.3, 0.4) is 0 Å². The normalized spacial score (nSPS) is 19.3. The molecule has 1 heterocycles. The lowest BCUT2D eigenvalue weighted by atomic mass is 9.90. The molecule has 0 aromatic heterocycles. The third kappa shape index (κ3) is 4.87. The van der Waals surface area contributed by atoms with E-state index in [2.05, 4.69) is 21.1 Å². The number of rotatable bonds is 7. The number of carbonyl (C=O) groups is 1. The molecule has 140 valence electrons. The molecule has 0 bridgehead atoms. The lowest BCUT2D eigenvalue weighted by Crippen LogP contribution is -2.37. The van der Waals surface area contributed by atoms with Gasteiger partial charge >= 0.3 is 5.97 Å². The van der Waals surface area contributed by atoms with Gasteiger partial charge < -0.3 is 14.7 Å². The summed E-state index contributed by atoms with van der Waals surface area (Å²) in [7, 11) is 0. The SMILES string of the molecule is O=C1OC2(CCCC2)CC(O)=C1CCCC=NOCc1cccc(Br)c1. The van der Waals surface area contributed by atoms with E-state index in [0.29, 0.717) is 37.9 Å². The summed E-state index contributed by atoms with van der Waals surface area (Å²) >= 11 is 3.42. The molecule has 0 radical (unpaired) electrons. The largest absolute Gasteiger partial charge is 0.512 e. The van der Waals surface area contributed by atoms with E-state index in [1.807, 2.05) is 24.3 Å². The summed E-state index contributed by atoms with van der Waals surface area (Å²) in [5.41, 5.74) is 1.02. The van der Waals surface area contributed by atoms with Crippen LogP contribution in [0, 0.1) is 0 Å². The number of ether oxygens (including phenoxy) is 1. The van der Waals surface area contributed by atoms with Crippen LogP contribution in [-0.4, -0.2) is 22.9 Å². The van der Waals surface area contributed by atoms with Gasteiger partial charge in [0.05, 0.1) is 5.57 Å². The second-order valence-electron chi connectivity index (χ2n) is 6.97. The predicted octanol–water partition coefficient (Wildman–Crippen LogP) is 5.19. The number of aliphatic hydroxyl groups excluding tert-OH is 1. The molecule has 1 aromatic carbocycles. The molecule has 1 aromatic rings. The van der Waals surface area contributed by atoms with Crippen molar-refractivity contribution in [3.8, 4) is 0 Å². The van der Waals surface area contributed by atoms with E-state index in [0.717, 1.165) is 35.7 Å². The molecule has 0 saturated heterocycles. The molecule has 0 amide bonds. The van der Waals surface area contributed by atoms with E-state index in [4.69, 9.17) is 9.57 Å². The Balaban J connectivity index is 1.39. The van der Waals surface area contributed by atoms with Crippen molar-refractivity contribution in [1.82, 2.24) is 0 Å². The minimum Gasteiger partial charge on any atom is -0.512 e. The van der Waals surface area contributed by atoms with Crippen molar-refractivity contribution in [2.45, 2.75) is 63.6 Å². The lowest BCUT2D eigenvalue weighted by molar-refractivity contribution is -0.158. The maximum Gasteiger partial charge on any atom is 0.337 e. The first-order valence-corrected chi connectivity index (χ1v) is 9.90. The Kier molecular flexibility index (Phi) is 6.35. The average molecular weight is 422 g/mol. The Morgan fingerprint density at radius 1 is 1.35 bits per heavy atom. The van der Waals surface area contributed by atoms with Gasteiger partial charge in [0, 0.05) is 17.1 Å². The molecule has 1 aliphatic carbocycles. The highest BCUT2D eigenvalue weighted by Gasteiger charge is 2.43. The first-order chi connectivity index (χ1) is 12.6. The number of hydrogen-bond donors (Lipinski definition) is 1. The lowest BCUT2D eigenvalue weighted by Gasteiger charge is -2.33. The minimum absolute atomic E-state index is 0.214. The molecule has 1 saturated carbocycles. The van der Waals surface area contributed by atoms with E-state index >= 15 is 0 Å². The van der Waals surface area contributed by atoms with Gasteiger partial charge in [-0.2, -0.15) is 0 Å². The summed E-state index contributed by atoms with van der Waals surface area (Å²) < 4.78 is 6.66. The van der Waals surface area contributed by atoms with Crippen molar-refractivity contribution < 1.29 is 19.5 Å². The zero-order valence-electron chi connectivity index (χ0n) is 14.7. The molecule has 3 rings (SSSR count). The second kappa shape index (κ2) is 8.71. The fourth-order valence-electron chi connectivity index (χ4n) is 3.58. The van der Waals surface area contributed by atoms with Crippen molar-refractivity contribution in [3.05, 3.63) is 45.6 Å². The summed E-state index contributed by atoms with van der Waals surface area (Å²) in [5.74, 6) is -0.135. The molecule has 1 N–H and O–H groups in total. The molecular weight excluding hydrogens is 398 g/mol. The summed E-state index contributed by atoms with van der Waals surface area (Å²) in [6.45, 7) is 0.413. The molecule has 1 spiro atoms. The second-order valence-corrected chi connectivity index (χ2v) is 7.88. The van der Waals surface area contributed by atoms with Crippen molar-refractivity contribution in [3.63, 3.8) is 0 Å². The van der Waals surface area contributed by atoms with E-state index in [-0.39, 0.29) is 11.7 Å².